The Balaban J connectivity index is 1.28. The van der Waals surface area contributed by atoms with Crippen LogP contribution in [0, 0.1) is 13.5 Å². The maximum Gasteiger partial charge on any atom is 0.416 e. The third-order valence-electron chi connectivity index (χ3n) is 8.71. The van der Waals surface area contributed by atoms with E-state index in [0.717, 1.165) is 44.7 Å². The lowest BCUT2D eigenvalue weighted by Gasteiger charge is -2.13. The van der Waals surface area contributed by atoms with Crippen molar-refractivity contribution in [1.29, 1.82) is 0 Å². The number of nitrogens with zero attached hydrogens (tertiary/aromatic N) is 5. The van der Waals surface area contributed by atoms with E-state index in [1.54, 1.807) is 13.0 Å². The van der Waals surface area contributed by atoms with E-state index in [9.17, 15) is 13.2 Å². The van der Waals surface area contributed by atoms with Crippen LogP contribution in [-0.2, 0) is 6.18 Å². The van der Waals surface area contributed by atoms with Crippen LogP contribution in [-0.4, -0.2) is 19.5 Å². The van der Waals surface area contributed by atoms with E-state index in [1.807, 2.05) is 121 Å². The largest absolute Gasteiger partial charge is 0.416 e. The zero-order chi connectivity index (χ0) is 34.4. The monoisotopic (exact) mass is 657 g/mol. The molecule has 0 aliphatic rings. The Morgan fingerprint density at radius 2 is 1.18 bits per heavy atom. The van der Waals surface area contributed by atoms with Gasteiger partial charge in [-0.2, -0.15) is 13.2 Å². The van der Waals surface area contributed by atoms with Gasteiger partial charge in [-0.15, -0.1) is 0 Å². The third-order valence-corrected chi connectivity index (χ3v) is 8.71. The molecule has 8 heteroatoms. The number of benzene rings is 6. The van der Waals surface area contributed by atoms with Gasteiger partial charge in [0.2, 0.25) is 0 Å². The van der Waals surface area contributed by atoms with Crippen LogP contribution >= 0.6 is 0 Å². The maximum absolute atomic E-state index is 13.7. The molecule has 0 N–H and O–H groups in total. The van der Waals surface area contributed by atoms with Crippen LogP contribution in [0.1, 0.15) is 11.1 Å². The average Bonchev–Trinajstić information content (AvgIpc) is 3.48. The van der Waals surface area contributed by atoms with Gasteiger partial charge >= 0.3 is 6.18 Å². The Bertz CT molecular complexity index is 2540. The van der Waals surface area contributed by atoms with Crippen molar-refractivity contribution in [2.24, 2.45) is 0 Å². The Kier molecular flexibility index (Phi) is 7.46. The van der Waals surface area contributed by atoms with Crippen LogP contribution in [0.4, 0.5) is 18.9 Å². The number of aromatic nitrogens is 4. The molecule has 5 nitrogen and oxygen atoms in total. The van der Waals surface area contributed by atoms with Crippen molar-refractivity contribution in [2.45, 2.75) is 13.1 Å². The molecule has 0 amide bonds. The van der Waals surface area contributed by atoms with Crippen molar-refractivity contribution >= 4 is 27.5 Å². The number of fused-ring (bicyclic) bond motifs is 3. The molecule has 240 valence electrons. The predicted octanol–water partition coefficient (Wildman–Crippen LogP) is 11.5. The highest BCUT2D eigenvalue weighted by molar-refractivity contribution is 6.10. The summed E-state index contributed by atoms with van der Waals surface area (Å²) in [4.78, 5) is 18.3. The molecule has 0 radical (unpaired) electrons. The van der Waals surface area contributed by atoms with Crippen LogP contribution in [0.25, 0.3) is 77.6 Å². The van der Waals surface area contributed by atoms with E-state index in [0.29, 0.717) is 45.4 Å². The SMILES string of the molecule is [C-]#[N+]c1cc(-n2c3ccccc3c3cc(-c4cc(C)cc(C(F)(F)F)c4)ccc32)ccc1-c1nc(-c2ccccc2)nc(-c2ccccc2)n1. The van der Waals surface area contributed by atoms with Gasteiger partial charge in [-0.25, -0.2) is 19.8 Å². The summed E-state index contributed by atoms with van der Waals surface area (Å²) in [6.45, 7) is 9.85. The highest BCUT2D eigenvalue weighted by atomic mass is 19.4. The smallest absolute Gasteiger partial charge is 0.311 e. The molecule has 8 rings (SSSR count). The fourth-order valence-electron chi connectivity index (χ4n) is 6.41. The summed E-state index contributed by atoms with van der Waals surface area (Å²) in [6.07, 6.45) is -4.44. The van der Waals surface area contributed by atoms with Crippen molar-refractivity contribution < 1.29 is 13.2 Å². The molecule has 50 heavy (non-hydrogen) atoms. The van der Waals surface area contributed by atoms with Gasteiger partial charge in [0.25, 0.3) is 0 Å². The normalized spacial score (nSPS) is 11.6. The summed E-state index contributed by atoms with van der Waals surface area (Å²) in [5, 5.41) is 1.83. The zero-order valence-corrected chi connectivity index (χ0v) is 26.6. The molecule has 0 saturated carbocycles. The quantitative estimate of drug-likeness (QED) is 0.173. The second kappa shape index (κ2) is 12.1. The molecule has 0 atom stereocenters. The van der Waals surface area contributed by atoms with Crippen molar-refractivity contribution in [3.63, 3.8) is 0 Å². The minimum absolute atomic E-state index is 0.369. The number of para-hydroxylation sites is 1. The topological polar surface area (TPSA) is 48.0 Å². The number of hydrogen-bond donors (Lipinski definition) is 0. The van der Waals surface area contributed by atoms with Crippen LogP contribution in [0.5, 0.6) is 0 Å². The van der Waals surface area contributed by atoms with E-state index in [4.69, 9.17) is 21.5 Å². The van der Waals surface area contributed by atoms with E-state index >= 15 is 0 Å². The summed E-state index contributed by atoms with van der Waals surface area (Å²) in [5.74, 6) is 1.39. The van der Waals surface area contributed by atoms with E-state index in [2.05, 4.69) is 9.41 Å². The summed E-state index contributed by atoms with van der Waals surface area (Å²) >= 11 is 0. The van der Waals surface area contributed by atoms with Gasteiger partial charge in [0.1, 0.15) is 0 Å². The minimum Gasteiger partial charge on any atom is -0.311 e. The Morgan fingerprint density at radius 3 is 1.84 bits per heavy atom. The van der Waals surface area contributed by atoms with Gasteiger partial charge in [-0.05, 0) is 66.1 Å². The second-order valence-corrected chi connectivity index (χ2v) is 12.0. The highest BCUT2D eigenvalue weighted by Gasteiger charge is 2.31. The van der Waals surface area contributed by atoms with Crippen molar-refractivity contribution in [1.82, 2.24) is 19.5 Å². The van der Waals surface area contributed by atoms with Gasteiger partial charge in [-0.3, -0.25) is 0 Å². The lowest BCUT2D eigenvalue weighted by atomic mass is 9.98. The lowest BCUT2D eigenvalue weighted by molar-refractivity contribution is -0.137. The molecule has 0 aliphatic carbocycles. The van der Waals surface area contributed by atoms with Crippen LogP contribution in [0.3, 0.4) is 0 Å². The third kappa shape index (κ3) is 5.55. The first-order valence-corrected chi connectivity index (χ1v) is 15.9. The van der Waals surface area contributed by atoms with Gasteiger partial charge in [0.15, 0.2) is 23.2 Å². The fraction of sp³-hybridized carbons (Fsp3) is 0.0476. The van der Waals surface area contributed by atoms with Gasteiger partial charge < -0.3 is 4.57 Å². The zero-order valence-electron chi connectivity index (χ0n) is 26.6. The molecular formula is C42H26F3N5. The van der Waals surface area contributed by atoms with Crippen molar-refractivity contribution in [3.8, 4) is 51.0 Å². The van der Waals surface area contributed by atoms with Gasteiger partial charge in [-0.1, -0.05) is 97.1 Å². The van der Waals surface area contributed by atoms with Gasteiger partial charge in [0.05, 0.1) is 23.2 Å². The van der Waals surface area contributed by atoms with Crippen LogP contribution < -0.4 is 0 Å². The number of halogens is 3. The summed E-state index contributed by atoms with van der Waals surface area (Å²) in [7, 11) is 0. The summed E-state index contributed by atoms with van der Waals surface area (Å²) < 4.78 is 43.1. The molecule has 8 aromatic rings. The molecule has 2 heterocycles. The molecule has 0 bridgehead atoms. The van der Waals surface area contributed by atoms with E-state index in [1.165, 1.54) is 6.07 Å². The van der Waals surface area contributed by atoms with Gasteiger partial charge in [0, 0.05) is 33.2 Å². The van der Waals surface area contributed by atoms with Crippen LogP contribution in [0.2, 0.25) is 0 Å². The molecule has 0 fully saturated rings. The number of hydrogen-bond acceptors (Lipinski definition) is 3. The molecule has 2 aromatic heterocycles. The average molecular weight is 658 g/mol. The molecule has 0 saturated heterocycles. The Hall–Kier alpha value is -6.59. The van der Waals surface area contributed by atoms with Crippen LogP contribution in [0.15, 0.2) is 140 Å². The summed E-state index contributed by atoms with van der Waals surface area (Å²) in [6, 6.07) is 42.7. The number of aryl methyl sites for hydroxylation is 1. The minimum atomic E-state index is -4.44. The first kappa shape index (κ1) is 30.7. The Morgan fingerprint density at radius 1 is 0.560 bits per heavy atom. The van der Waals surface area contributed by atoms with E-state index < -0.39 is 11.7 Å². The van der Waals surface area contributed by atoms with Crippen molar-refractivity contribution in [3.05, 3.63) is 162 Å². The standard InChI is InChI=1S/C42H26F3N5/c1-26-21-30(23-31(22-26)42(43,44)45)29-17-20-38-35(24-29)33-15-9-10-16-37(33)50(38)32-18-19-34(36(25-32)46-2)41-48-39(27-11-5-3-6-12-27)47-40(49-41)28-13-7-4-8-14-28/h3-25H,1H3. The first-order chi connectivity index (χ1) is 24.3. The summed E-state index contributed by atoms with van der Waals surface area (Å²) in [5.41, 5.74) is 6.18. The second-order valence-electron chi connectivity index (χ2n) is 12.0. The van der Waals surface area contributed by atoms with Crippen molar-refractivity contribution in [2.75, 3.05) is 0 Å². The van der Waals surface area contributed by atoms with E-state index in [-0.39, 0.29) is 0 Å². The lowest BCUT2D eigenvalue weighted by Crippen LogP contribution is -2.05. The fourth-order valence-corrected chi connectivity index (χ4v) is 6.41. The maximum atomic E-state index is 13.7. The first-order valence-electron chi connectivity index (χ1n) is 15.9. The highest BCUT2D eigenvalue weighted by Crippen LogP contribution is 2.39. The molecule has 0 spiro atoms. The molecule has 6 aromatic carbocycles. The Labute approximate surface area is 285 Å². The number of alkyl halides is 3. The molecular weight excluding hydrogens is 631 g/mol. The number of rotatable bonds is 5. The molecule has 0 unspecified atom stereocenters. The predicted molar refractivity (Wildman–Crippen MR) is 192 cm³/mol. The molecule has 0 aliphatic heterocycles.